The Morgan fingerprint density at radius 1 is 1.30 bits per heavy atom. The summed E-state index contributed by atoms with van der Waals surface area (Å²) >= 11 is 0. The van der Waals surface area contributed by atoms with Crippen molar-refractivity contribution in [2.75, 3.05) is 6.54 Å². The van der Waals surface area contributed by atoms with Crippen LogP contribution in [0.15, 0.2) is 34.9 Å². The maximum atomic E-state index is 13.3. The van der Waals surface area contributed by atoms with Gasteiger partial charge in [-0.1, -0.05) is 24.9 Å². The molecule has 4 atom stereocenters. The van der Waals surface area contributed by atoms with Crippen molar-refractivity contribution >= 4 is 5.91 Å². The van der Waals surface area contributed by atoms with E-state index in [4.69, 9.17) is 4.52 Å². The highest BCUT2D eigenvalue weighted by Crippen LogP contribution is 2.49. The molecule has 0 spiro atoms. The average Bonchev–Trinajstić information content (AvgIpc) is 3.20. The van der Waals surface area contributed by atoms with Crippen LogP contribution in [0.4, 0.5) is 4.39 Å². The van der Waals surface area contributed by atoms with E-state index < -0.39 is 0 Å². The number of fused-ring (bicyclic) bond motifs is 1. The molecule has 3 aliphatic rings. The summed E-state index contributed by atoms with van der Waals surface area (Å²) in [4.78, 5) is 15.3. The third-order valence-corrected chi connectivity index (χ3v) is 6.82. The summed E-state index contributed by atoms with van der Waals surface area (Å²) < 4.78 is 18.5. The Morgan fingerprint density at radius 2 is 2.07 bits per heavy atom. The van der Waals surface area contributed by atoms with E-state index in [1.54, 1.807) is 18.2 Å². The van der Waals surface area contributed by atoms with Gasteiger partial charge in [0.1, 0.15) is 11.5 Å². The first-order valence-electron chi connectivity index (χ1n) is 9.84. The van der Waals surface area contributed by atoms with E-state index in [1.165, 1.54) is 25.0 Å². The van der Waals surface area contributed by atoms with Gasteiger partial charge in [0.2, 0.25) is 5.76 Å². The van der Waals surface area contributed by atoms with Crippen LogP contribution in [0.5, 0.6) is 0 Å². The first-order valence-corrected chi connectivity index (χ1v) is 9.84. The molecular weight excluding hydrogens is 345 g/mol. The fourth-order valence-corrected chi connectivity index (χ4v) is 5.50. The molecule has 1 N–H and O–H groups in total. The van der Waals surface area contributed by atoms with Crippen LogP contribution in [0.3, 0.4) is 0 Å². The van der Waals surface area contributed by atoms with Crippen LogP contribution >= 0.6 is 0 Å². The number of halogens is 1. The monoisotopic (exact) mass is 369 g/mol. The number of aromatic nitrogens is 1. The molecule has 3 heterocycles. The van der Waals surface area contributed by atoms with Gasteiger partial charge < -0.3 is 14.7 Å². The van der Waals surface area contributed by atoms with Gasteiger partial charge in [0.25, 0.3) is 5.91 Å². The van der Waals surface area contributed by atoms with Crippen molar-refractivity contribution in [2.45, 2.75) is 57.2 Å². The lowest BCUT2D eigenvalue weighted by atomic mass is 9.71. The maximum absolute atomic E-state index is 13.3. The Morgan fingerprint density at radius 3 is 2.89 bits per heavy atom. The van der Waals surface area contributed by atoms with Crippen LogP contribution in [0.25, 0.3) is 11.3 Å². The fraction of sp³-hybridized carbons (Fsp3) is 0.524. The van der Waals surface area contributed by atoms with Gasteiger partial charge in [-0.25, -0.2) is 4.39 Å². The molecule has 6 heteroatoms. The summed E-state index contributed by atoms with van der Waals surface area (Å²) in [5, 5.41) is 7.80. The quantitative estimate of drug-likeness (QED) is 0.878. The summed E-state index contributed by atoms with van der Waals surface area (Å²) in [6.07, 6.45) is 5.76. The zero-order chi connectivity index (χ0) is 18.6. The van der Waals surface area contributed by atoms with E-state index in [0.29, 0.717) is 17.8 Å². The third kappa shape index (κ3) is 2.69. The van der Waals surface area contributed by atoms with Gasteiger partial charge in [-0.3, -0.25) is 4.79 Å². The van der Waals surface area contributed by atoms with E-state index in [1.807, 2.05) is 4.90 Å². The van der Waals surface area contributed by atoms with Gasteiger partial charge >= 0.3 is 0 Å². The van der Waals surface area contributed by atoms with Gasteiger partial charge in [-0.15, -0.1) is 0 Å². The molecule has 2 aromatic rings. The predicted molar refractivity (Wildman–Crippen MR) is 98.6 cm³/mol. The smallest absolute Gasteiger partial charge is 0.292 e. The van der Waals surface area contributed by atoms with Crippen molar-refractivity contribution in [3.8, 4) is 11.3 Å². The Labute approximate surface area is 157 Å². The first kappa shape index (κ1) is 16.9. The molecular formula is C21H24FN3O2. The SMILES string of the molecule is C[C@@]12C[C@H]3CN(C(=O)c4cc(-c5ccc(F)cc5)no4)[C@@H]1CCCC[C@@H]2N3. The second-order valence-corrected chi connectivity index (χ2v) is 8.47. The van der Waals surface area contributed by atoms with E-state index in [0.717, 1.165) is 31.4 Å². The number of rotatable bonds is 2. The van der Waals surface area contributed by atoms with Crippen molar-refractivity contribution in [3.05, 3.63) is 41.9 Å². The highest BCUT2D eigenvalue weighted by molar-refractivity contribution is 5.93. The highest BCUT2D eigenvalue weighted by Gasteiger charge is 2.56. The molecule has 2 saturated heterocycles. The minimum Gasteiger partial charge on any atom is -0.350 e. The zero-order valence-electron chi connectivity index (χ0n) is 15.5. The number of benzene rings is 1. The van der Waals surface area contributed by atoms with Crippen LogP contribution in [0.1, 0.15) is 49.6 Å². The first-order chi connectivity index (χ1) is 13.0. The molecule has 1 aromatic carbocycles. The van der Waals surface area contributed by atoms with Gasteiger partial charge in [0.05, 0.1) is 0 Å². The summed E-state index contributed by atoms with van der Waals surface area (Å²) in [5.41, 5.74) is 1.43. The highest BCUT2D eigenvalue weighted by atomic mass is 19.1. The average molecular weight is 369 g/mol. The Hall–Kier alpha value is -2.21. The van der Waals surface area contributed by atoms with Crippen molar-refractivity contribution < 1.29 is 13.7 Å². The van der Waals surface area contributed by atoms with E-state index in [-0.39, 0.29) is 28.9 Å². The van der Waals surface area contributed by atoms with E-state index >= 15 is 0 Å². The largest absolute Gasteiger partial charge is 0.350 e. The van der Waals surface area contributed by atoms with Crippen molar-refractivity contribution in [3.63, 3.8) is 0 Å². The van der Waals surface area contributed by atoms with Gasteiger partial charge in [0, 0.05) is 41.7 Å². The van der Waals surface area contributed by atoms with Crippen LogP contribution in [0.2, 0.25) is 0 Å². The number of piperidine rings is 1. The second-order valence-electron chi connectivity index (χ2n) is 8.47. The van der Waals surface area contributed by atoms with E-state index in [9.17, 15) is 9.18 Å². The standard InChI is InChI=1S/C21H24FN3O2/c1-21-11-15-12-25(19(21)5-3-2-4-18(21)23-15)20(26)17-10-16(24-27-17)13-6-8-14(22)9-7-13/h6-10,15,18-19,23H,2-5,11-12H2,1H3/t15-,18-,19+,21-/m0/s1. The predicted octanol–water partition coefficient (Wildman–Crippen LogP) is 3.62. The lowest BCUT2D eigenvalue weighted by molar-refractivity contribution is 0.0252. The summed E-state index contributed by atoms with van der Waals surface area (Å²) in [7, 11) is 0. The second kappa shape index (κ2) is 6.16. The number of amides is 1. The molecule has 0 unspecified atom stereocenters. The molecule has 3 fully saturated rings. The minimum atomic E-state index is -0.300. The summed E-state index contributed by atoms with van der Waals surface area (Å²) in [6.45, 7) is 3.06. The number of carbonyl (C=O) groups is 1. The van der Waals surface area contributed by atoms with E-state index in [2.05, 4.69) is 17.4 Å². The van der Waals surface area contributed by atoms with Gasteiger partial charge in [-0.05, 0) is 43.5 Å². The molecule has 1 amide bonds. The Bertz CT molecular complexity index is 865. The molecule has 1 aromatic heterocycles. The summed E-state index contributed by atoms with van der Waals surface area (Å²) in [6, 6.07) is 8.82. The molecule has 2 aliphatic heterocycles. The number of hydrogen-bond donors (Lipinski definition) is 1. The third-order valence-electron chi connectivity index (χ3n) is 6.82. The van der Waals surface area contributed by atoms with Crippen molar-refractivity contribution in [2.24, 2.45) is 5.41 Å². The van der Waals surface area contributed by atoms with Crippen LogP contribution in [-0.4, -0.2) is 40.6 Å². The molecule has 1 saturated carbocycles. The zero-order valence-corrected chi connectivity index (χ0v) is 15.5. The number of nitrogens with zero attached hydrogens (tertiary/aromatic N) is 2. The summed E-state index contributed by atoms with van der Waals surface area (Å²) in [5.74, 6) is -0.118. The van der Waals surface area contributed by atoms with Crippen LogP contribution in [0, 0.1) is 11.2 Å². The van der Waals surface area contributed by atoms with Crippen molar-refractivity contribution in [1.29, 1.82) is 0 Å². The number of nitrogens with one attached hydrogen (secondary N) is 1. The molecule has 5 nitrogen and oxygen atoms in total. The molecule has 1 aliphatic carbocycles. The molecule has 142 valence electrons. The molecule has 5 rings (SSSR count). The van der Waals surface area contributed by atoms with Gasteiger partial charge in [0.15, 0.2) is 0 Å². The normalized spacial score (nSPS) is 32.4. The minimum absolute atomic E-state index is 0.0823. The lowest BCUT2D eigenvalue weighted by Crippen LogP contribution is -2.55. The number of likely N-dealkylation sites (tertiary alicyclic amines) is 1. The van der Waals surface area contributed by atoms with Gasteiger partial charge in [-0.2, -0.15) is 0 Å². The lowest BCUT2D eigenvalue weighted by Gasteiger charge is -2.46. The van der Waals surface area contributed by atoms with Crippen LogP contribution < -0.4 is 5.32 Å². The molecule has 0 radical (unpaired) electrons. The number of carbonyl (C=O) groups excluding carboxylic acids is 1. The number of hydrogen-bond acceptors (Lipinski definition) is 4. The topological polar surface area (TPSA) is 58.4 Å². The Kier molecular flexibility index (Phi) is 3.86. The maximum Gasteiger partial charge on any atom is 0.292 e. The van der Waals surface area contributed by atoms with Crippen LogP contribution in [-0.2, 0) is 0 Å². The molecule has 27 heavy (non-hydrogen) atoms. The molecule has 2 bridgehead atoms. The van der Waals surface area contributed by atoms with Crippen molar-refractivity contribution in [1.82, 2.24) is 15.4 Å². The fourth-order valence-electron chi connectivity index (χ4n) is 5.50. The Balaban J connectivity index is 1.43.